The Kier molecular flexibility index (Phi) is 5.63. The number of aromatic nitrogens is 5. The van der Waals surface area contributed by atoms with Crippen molar-refractivity contribution in [3.63, 3.8) is 0 Å². The number of hydrogen-bond acceptors (Lipinski definition) is 6. The number of nitrogens with zero attached hydrogens (tertiary/aromatic N) is 3. The minimum atomic E-state index is -3.19. The average molecular weight is 472 g/mol. The van der Waals surface area contributed by atoms with Gasteiger partial charge in [0.05, 0.1) is 15.7 Å². The zero-order chi connectivity index (χ0) is 22.3. The summed E-state index contributed by atoms with van der Waals surface area (Å²) in [6, 6.07) is 2.42. The van der Waals surface area contributed by atoms with Crippen molar-refractivity contribution in [2.45, 2.75) is 32.1 Å². The fourth-order valence-corrected chi connectivity index (χ4v) is 3.86. The summed E-state index contributed by atoms with van der Waals surface area (Å²) in [4.78, 5) is 37.3. The molecule has 0 radical (unpaired) electrons. The Balaban J connectivity index is 1.77. The maximum absolute atomic E-state index is 13.0. The van der Waals surface area contributed by atoms with E-state index in [-0.39, 0.29) is 32.9 Å². The van der Waals surface area contributed by atoms with Gasteiger partial charge in [-0.05, 0) is 37.8 Å². The second-order valence-corrected chi connectivity index (χ2v) is 7.53. The summed E-state index contributed by atoms with van der Waals surface area (Å²) >= 11 is 12.5. The van der Waals surface area contributed by atoms with Crippen molar-refractivity contribution >= 4 is 23.2 Å². The molecule has 0 saturated heterocycles. The van der Waals surface area contributed by atoms with Gasteiger partial charge in [-0.2, -0.15) is 9.78 Å². The van der Waals surface area contributed by atoms with Crippen molar-refractivity contribution < 1.29 is 13.5 Å². The van der Waals surface area contributed by atoms with Crippen LogP contribution in [-0.2, 0) is 12.8 Å². The van der Waals surface area contributed by atoms with Crippen LogP contribution >= 0.6 is 23.2 Å². The van der Waals surface area contributed by atoms with E-state index in [0.29, 0.717) is 28.7 Å². The number of hydrogen-bond donors (Lipinski definition) is 2. The van der Waals surface area contributed by atoms with Crippen LogP contribution in [0.4, 0.5) is 8.78 Å². The lowest BCUT2D eigenvalue weighted by Gasteiger charge is -2.18. The van der Waals surface area contributed by atoms with Gasteiger partial charge in [-0.15, -0.1) is 5.10 Å². The lowest BCUT2D eigenvalue weighted by atomic mass is 9.94. The maximum Gasteiger partial charge on any atom is 0.349 e. The summed E-state index contributed by atoms with van der Waals surface area (Å²) in [7, 11) is 0. The Hall–Kier alpha value is -3.05. The second kappa shape index (κ2) is 8.23. The van der Waals surface area contributed by atoms with Crippen molar-refractivity contribution in [2.24, 2.45) is 0 Å². The highest BCUT2D eigenvalue weighted by Crippen LogP contribution is 2.39. The van der Waals surface area contributed by atoms with Crippen LogP contribution in [0.25, 0.3) is 5.69 Å². The molecule has 0 atom stereocenters. The predicted molar refractivity (Wildman–Crippen MR) is 107 cm³/mol. The number of aromatic amines is 2. The van der Waals surface area contributed by atoms with Gasteiger partial charge in [0.15, 0.2) is 11.4 Å². The Morgan fingerprint density at radius 2 is 1.68 bits per heavy atom. The highest BCUT2D eigenvalue weighted by Gasteiger charge is 2.22. The first-order valence-electron chi connectivity index (χ1n) is 9.05. The molecule has 3 aromatic rings. The first kappa shape index (κ1) is 21.2. The maximum atomic E-state index is 13.0. The molecule has 162 valence electrons. The first-order chi connectivity index (χ1) is 14.8. The van der Waals surface area contributed by atoms with Crippen LogP contribution in [-0.4, -0.2) is 25.0 Å². The van der Waals surface area contributed by atoms with E-state index in [2.05, 4.69) is 15.3 Å². The fourth-order valence-electron chi connectivity index (χ4n) is 3.31. The molecule has 13 heteroatoms. The van der Waals surface area contributed by atoms with Crippen molar-refractivity contribution in [3.05, 3.63) is 70.2 Å². The normalized spacial score (nSPS) is 13.3. The van der Waals surface area contributed by atoms with Crippen LogP contribution in [0.15, 0.2) is 26.5 Å². The number of nitrogens with one attached hydrogen (secondary N) is 2. The molecule has 0 fully saturated rings. The third-order valence-corrected chi connectivity index (χ3v) is 5.31. The summed E-state index contributed by atoms with van der Waals surface area (Å²) in [6.45, 7) is 0. The number of alkyl halides is 2. The van der Waals surface area contributed by atoms with Crippen LogP contribution in [0.3, 0.4) is 0 Å². The molecule has 1 aliphatic rings. The Morgan fingerprint density at radius 1 is 1.03 bits per heavy atom. The van der Waals surface area contributed by atoms with E-state index in [4.69, 9.17) is 27.9 Å². The molecule has 9 nitrogen and oxygen atoms in total. The van der Waals surface area contributed by atoms with Crippen LogP contribution < -0.4 is 21.5 Å². The SMILES string of the molecule is O=c1[nH]c(=O)n(-c2cc(Cl)c(Oc3n[nH]c(=O)c4c3CCCC4)c(Cl)c2)nc1C(F)F. The average Bonchev–Trinajstić information content (AvgIpc) is 2.72. The summed E-state index contributed by atoms with van der Waals surface area (Å²) in [5, 5.41) is 9.58. The molecule has 2 aromatic heterocycles. The molecule has 1 aliphatic carbocycles. The Bertz CT molecular complexity index is 1330. The third-order valence-electron chi connectivity index (χ3n) is 4.75. The van der Waals surface area contributed by atoms with Crippen LogP contribution in [0.1, 0.15) is 36.1 Å². The molecule has 0 aliphatic heterocycles. The smallest absolute Gasteiger partial charge is 0.349 e. The van der Waals surface area contributed by atoms with E-state index in [0.717, 1.165) is 12.8 Å². The molecule has 0 amide bonds. The van der Waals surface area contributed by atoms with E-state index in [9.17, 15) is 23.2 Å². The standard InChI is InChI=1S/C18H13Cl2F2N5O4/c19-10-5-7(27-18(30)23-16(29)12(26-27)14(21)22)6-11(20)13(10)31-17-9-4-2-1-3-8(9)15(28)24-25-17/h5-6,14H,1-4H2,(H,24,28)(H,23,29,30). The van der Waals surface area contributed by atoms with Gasteiger partial charge in [-0.3, -0.25) is 14.6 Å². The molecule has 1 aromatic carbocycles. The zero-order valence-electron chi connectivity index (χ0n) is 15.5. The van der Waals surface area contributed by atoms with Gasteiger partial charge in [-0.1, -0.05) is 23.2 Å². The van der Waals surface area contributed by atoms with Crippen molar-refractivity contribution in [3.8, 4) is 17.3 Å². The van der Waals surface area contributed by atoms with Crippen molar-refractivity contribution in [1.29, 1.82) is 0 Å². The zero-order valence-corrected chi connectivity index (χ0v) is 17.1. The van der Waals surface area contributed by atoms with Gasteiger partial charge in [0, 0.05) is 11.1 Å². The van der Waals surface area contributed by atoms with Crippen LogP contribution in [0, 0.1) is 0 Å². The van der Waals surface area contributed by atoms with E-state index < -0.39 is 23.4 Å². The highest BCUT2D eigenvalue weighted by molar-refractivity contribution is 6.37. The number of ether oxygens (including phenoxy) is 1. The first-order valence-corrected chi connectivity index (χ1v) is 9.81. The van der Waals surface area contributed by atoms with Gasteiger partial charge >= 0.3 is 5.69 Å². The Labute approximate surface area is 181 Å². The summed E-state index contributed by atoms with van der Waals surface area (Å²) in [5.74, 6) is 0.135. The predicted octanol–water partition coefficient (Wildman–Crippen LogP) is 2.92. The van der Waals surface area contributed by atoms with Crippen LogP contribution in [0.2, 0.25) is 10.0 Å². The Morgan fingerprint density at radius 3 is 2.32 bits per heavy atom. The monoisotopic (exact) mass is 471 g/mol. The van der Waals surface area contributed by atoms with E-state index in [1.165, 1.54) is 12.1 Å². The van der Waals surface area contributed by atoms with Gasteiger partial charge in [0.25, 0.3) is 17.5 Å². The van der Waals surface area contributed by atoms with Gasteiger partial charge in [0.1, 0.15) is 0 Å². The molecule has 2 heterocycles. The van der Waals surface area contributed by atoms with Crippen LogP contribution in [0.5, 0.6) is 11.6 Å². The molecule has 0 saturated carbocycles. The summed E-state index contributed by atoms with van der Waals surface area (Å²) < 4.78 is 32.3. The van der Waals surface area contributed by atoms with Gasteiger partial charge in [-0.25, -0.2) is 18.7 Å². The van der Waals surface area contributed by atoms with E-state index in [1.54, 1.807) is 4.98 Å². The fraction of sp³-hybridized carbons (Fsp3) is 0.278. The lowest BCUT2D eigenvalue weighted by molar-refractivity contribution is 0.141. The molecular formula is C18H13Cl2F2N5O4. The minimum absolute atomic E-state index is 0.00837. The van der Waals surface area contributed by atoms with Gasteiger partial charge < -0.3 is 4.74 Å². The summed E-state index contributed by atoms with van der Waals surface area (Å²) in [6.07, 6.45) is -0.264. The largest absolute Gasteiger partial charge is 0.434 e. The quantitative estimate of drug-likeness (QED) is 0.602. The number of H-pyrrole nitrogens is 2. The summed E-state index contributed by atoms with van der Waals surface area (Å²) in [5.41, 5.74) is -2.57. The molecule has 0 unspecified atom stereocenters. The molecule has 0 bridgehead atoms. The topological polar surface area (TPSA) is 123 Å². The van der Waals surface area contributed by atoms with E-state index in [1.807, 2.05) is 0 Å². The number of halogens is 4. The van der Waals surface area contributed by atoms with Crippen molar-refractivity contribution in [1.82, 2.24) is 25.0 Å². The molecule has 31 heavy (non-hydrogen) atoms. The van der Waals surface area contributed by atoms with Crippen molar-refractivity contribution in [2.75, 3.05) is 0 Å². The number of rotatable bonds is 4. The molecule has 0 spiro atoms. The molecule has 2 N–H and O–H groups in total. The minimum Gasteiger partial charge on any atom is -0.434 e. The second-order valence-electron chi connectivity index (χ2n) is 6.72. The highest BCUT2D eigenvalue weighted by atomic mass is 35.5. The molecular weight excluding hydrogens is 459 g/mol. The van der Waals surface area contributed by atoms with E-state index >= 15 is 0 Å². The van der Waals surface area contributed by atoms with Gasteiger partial charge in [0.2, 0.25) is 5.88 Å². The third kappa shape index (κ3) is 3.98. The molecule has 4 rings (SSSR count). The lowest BCUT2D eigenvalue weighted by Crippen LogP contribution is -2.34. The number of fused-ring (bicyclic) bond motifs is 1. The number of benzene rings is 1.